The summed E-state index contributed by atoms with van der Waals surface area (Å²) in [7, 11) is 0. The average Bonchev–Trinajstić information content (AvgIpc) is 3.02. The van der Waals surface area contributed by atoms with Crippen LogP contribution in [-0.2, 0) is 6.54 Å². The number of rotatable bonds is 4. The van der Waals surface area contributed by atoms with Gasteiger partial charge in [-0.05, 0) is 31.7 Å². The van der Waals surface area contributed by atoms with Crippen LogP contribution >= 0.6 is 0 Å². The van der Waals surface area contributed by atoms with Crippen LogP contribution in [-0.4, -0.2) is 6.10 Å². The Labute approximate surface area is 85.1 Å². The molecule has 1 fully saturated rings. The van der Waals surface area contributed by atoms with E-state index < -0.39 is 0 Å². The van der Waals surface area contributed by atoms with Crippen molar-refractivity contribution in [3.05, 3.63) is 29.8 Å². The Balaban J connectivity index is 2.06. The summed E-state index contributed by atoms with van der Waals surface area (Å²) >= 11 is 0. The molecule has 1 aliphatic carbocycles. The van der Waals surface area contributed by atoms with Crippen molar-refractivity contribution in [2.24, 2.45) is 11.7 Å². The molecule has 1 aromatic rings. The van der Waals surface area contributed by atoms with Crippen molar-refractivity contribution in [1.82, 2.24) is 0 Å². The highest BCUT2D eigenvalue weighted by Crippen LogP contribution is 2.35. The van der Waals surface area contributed by atoms with Gasteiger partial charge in [-0.1, -0.05) is 18.2 Å². The lowest BCUT2D eigenvalue weighted by atomic mass is 10.2. The first-order chi connectivity index (χ1) is 6.81. The monoisotopic (exact) mass is 191 g/mol. The maximum Gasteiger partial charge on any atom is 0.124 e. The Kier molecular flexibility index (Phi) is 2.73. The molecule has 1 saturated carbocycles. The lowest BCUT2D eigenvalue weighted by Crippen LogP contribution is -2.15. The molecule has 0 spiro atoms. The topological polar surface area (TPSA) is 35.2 Å². The van der Waals surface area contributed by atoms with Crippen LogP contribution in [0.1, 0.15) is 25.3 Å². The van der Waals surface area contributed by atoms with Crippen LogP contribution < -0.4 is 10.5 Å². The van der Waals surface area contributed by atoms with Gasteiger partial charge >= 0.3 is 0 Å². The van der Waals surface area contributed by atoms with Gasteiger partial charge < -0.3 is 10.5 Å². The van der Waals surface area contributed by atoms with Crippen molar-refractivity contribution >= 4 is 0 Å². The van der Waals surface area contributed by atoms with E-state index in [0.29, 0.717) is 12.6 Å². The second-order valence-corrected chi connectivity index (χ2v) is 3.97. The minimum atomic E-state index is 0.336. The van der Waals surface area contributed by atoms with Crippen LogP contribution in [0, 0.1) is 5.92 Å². The van der Waals surface area contributed by atoms with Crippen molar-refractivity contribution in [3.63, 3.8) is 0 Å². The van der Waals surface area contributed by atoms with Crippen LogP contribution in [0.25, 0.3) is 0 Å². The molecule has 1 aromatic carbocycles. The highest BCUT2D eigenvalue weighted by molar-refractivity contribution is 5.33. The summed E-state index contributed by atoms with van der Waals surface area (Å²) in [6.45, 7) is 2.69. The highest BCUT2D eigenvalue weighted by Gasteiger charge is 2.29. The zero-order valence-electron chi connectivity index (χ0n) is 8.57. The minimum absolute atomic E-state index is 0.336. The molecule has 0 amide bonds. The standard InChI is InChI=1S/C12H17NO/c1-9(10-6-7-10)14-12-5-3-2-4-11(12)8-13/h2-5,9-10H,6-8,13H2,1H3/t9-/m1/s1. The third-order valence-corrected chi connectivity index (χ3v) is 2.79. The molecular weight excluding hydrogens is 174 g/mol. The number of hydrogen-bond acceptors (Lipinski definition) is 2. The first-order valence-electron chi connectivity index (χ1n) is 5.26. The number of ether oxygens (including phenoxy) is 1. The summed E-state index contributed by atoms with van der Waals surface area (Å²) in [4.78, 5) is 0. The second kappa shape index (κ2) is 4.01. The van der Waals surface area contributed by atoms with Gasteiger partial charge in [-0.25, -0.2) is 0 Å². The molecule has 14 heavy (non-hydrogen) atoms. The van der Waals surface area contributed by atoms with E-state index in [2.05, 4.69) is 6.92 Å². The molecule has 2 heteroatoms. The average molecular weight is 191 g/mol. The first-order valence-corrected chi connectivity index (χ1v) is 5.26. The molecule has 0 bridgehead atoms. The predicted octanol–water partition coefficient (Wildman–Crippen LogP) is 2.32. The van der Waals surface area contributed by atoms with Crippen molar-refractivity contribution in [2.75, 3.05) is 0 Å². The van der Waals surface area contributed by atoms with E-state index in [9.17, 15) is 0 Å². The van der Waals surface area contributed by atoms with Crippen LogP contribution in [0.4, 0.5) is 0 Å². The van der Waals surface area contributed by atoms with E-state index in [1.807, 2.05) is 24.3 Å². The molecule has 0 radical (unpaired) electrons. The molecule has 2 N–H and O–H groups in total. The summed E-state index contributed by atoms with van der Waals surface area (Å²) < 4.78 is 5.88. The minimum Gasteiger partial charge on any atom is -0.490 e. The summed E-state index contributed by atoms with van der Waals surface area (Å²) in [6.07, 6.45) is 2.96. The molecule has 2 rings (SSSR count). The summed E-state index contributed by atoms with van der Waals surface area (Å²) in [5.74, 6) is 1.72. The third kappa shape index (κ3) is 2.07. The Hall–Kier alpha value is -1.02. The van der Waals surface area contributed by atoms with Crippen molar-refractivity contribution in [3.8, 4) is 5.75 Å². The fraction of sp³-hybridized carbons (Fsp3) is 0.500. The lowest BCUT2D eigenvalue weighted by Gasteiger charge is -2.16. The normalized spacial score (nSPS) is 17.9. The number of nitrogens with two attached hydrogens (primary N) is 1. The quantitative estimate of drug-likeness (QED) is 0.792. The van der Waals surface area contributed by atoms with Crippen LogP contribution in [0.5, 0.6) is 5.75 Å². The van der Waals surface area contributed by atoms with Gasteiger partial charge in [0.05, 0.1) is 6.10 Å². The van der Waals surface area contributed by atoms with Crippen LogP contribution in [0.15, 0.2) is 24.3 Å². The van der Waals surface area contributed by atoms with E-state index in [-0.39, 0.29) is 0 Å². The summed E-state index contributed by atoms with van der Waals surface area (Å²) in [5.41, 5.74) is 6.74. The van der Waals surface area contributed by atoms with Crippen molar-refractivity contribution in [1.29, 1.82) is 0 Å². The molecule has 2 nitrogen and oxygen atoms in total. The van der Waals surface area contributed by atoms with Gasteiger partial charge in [0.15, 0.2) is 0 Å². The molecule has 76 valence electrons. The zero-order valence-corrected chi connectivity index (χ0v) is 8.57. The molecule has 0 saturated heterocycles. The molecule has 0 aromatic heterocycles. The van der Waals surface area contributed by atoms with Gasteiger partial charge in [0, 0.05) is 12.1 Å². The van der Waals surface area contributed by atoms with Gasteiger partial charge in [0.1, 0.15) is 5.75 Å². The molecule has 1 aliphatic rings. The fourth-order valence-corrected chi connectivity index (χ4v) is 1.65. The Bertz CT molecular complexity index is 307. The van der Waals surface area contributed by atoms with Gasteiger partial charge in [0.25, 0.3) is 0 Å². The van der Waals surface area contributed by atoms with Gasteiger partial charge in [-0.15, -0.1) is 0 Å². The first kappa shape index (κ1) is 9.53. The van der Waals surface area contributed by atoms with E-state index in [1.165, 1.54) is 12.8 Å². The maximum atomic E-state index is 5.88. The highest BCUT2D eigenvalue weighted by atomic mass is 16.5. The van der Waals surface area contributed by atoms with Crippen molar-refractivity contribution < 1.29 is 4.74 Å². The van der Waals surface area contributed by atoms with E-state index in [1.54, 1.807) is 0 Å². The molecule has 0 heterocycles. The maximum absolute atomic E-state index is 5.88. The summed E-state index contributed by atoms with van der Waals surface area (Å²) in [5, 5.41) is 0. The lowest BCUT2D eigenvalue weighted by molar-refractivity contribution is 0.196. The predicted molar refractivity (Wildman–Crippen MR) is 57.1 cm³/mol. The number of hydrogen-bond donors (Lipinski definition) is 1. The molecular formula is C12H17NO. The van der Waals surface area contributed by atoms with Gasteiger partial charge in [-0.2, -0.15) is 0 Å². The van der Waals surface area contributed by atoms with E-state index >= 15 is 0 Å². The fourth-order valence-electron chi connectivity index (χ4n) is 1.65. The smallest absolute Gasteiger partial charge is 0.124 e. The SMILES string of the molecule is C[C@@H](Oc1ccccc1CN)C1CC1. The van der Waals surface area contributed by atoms with Crippen LogP contribution in [0.2, 0.25) is 0 Å². The molecule has 1 atom stereocenters. The van der Waals surface area contributed by atoms with E-state index in [4.69, 9.17) is 10.5 Å². The van der Waals surface area contributed by atoms with Gasteiger partial charge in [0.2, 0.25) is 0 Å². The zero-order chi connectivity index (χ0) is 9.97. The Morgan fingerprint density at radius 2 is 2.14 bits per heavy atom. The molecule has 0 aliphatic heterocycles. The Morgan fingerprint density at radius 1 is 1.43 bits per heavy atom. The van der Waals surface area contributed by atoms with E-state index in [0.717, 1.165) is 17.2 Å². The molecule has 0 unspecified atom stereocenters. The largest absolute Gasteiger partial charge is 0.490 e. The second-order valence-electron chi connectivity index (χ2n) is 3.97. The summed E-state index contributed by atoms with van der Waals surface area (Å²) in [6, 6.07) is 8.01. The van der Waals surface area contributed by atoms with Crippen molar-refractivity contribution in [2.45, 2.75) is 32.4 Å². The number of para-hydroxylation sites is 1. The Morgan fingerprint density at radius 3 is 2.79 bits per heavy atom. The number of benzene rings is 1. The van der Waals surface area contributed by atoms with Crippen LogP contribution in [0.3, 0.4) is 0 Å². The third-order valence-electron chi connectivity index (χ3n) is 2.79. The van der Waals surface area contributed by atoms with Gasteiger partial charge in [-0.3, -0.25) is 0 Å².